The fourth-order valence-corrected chi connectivity index (χ4v) is 7.60. The number of hydrogen-bond donors (Lipinski definition) is 2. The number of alkyl carbamates (subject to hydrolysis) is 1. The van der Waals surface area contributed by atoms with Gasteiger partial charge in [-0.3, -0.25) is 4.79 Å². The molecule has 2 aliphatic rings. The van der Waals surface area contributed by atoms with Gasteiger partial charge in [0.05, 0.1) is 23.2 Å². The summed E-state index contributed by atoms with van der Waals surface area (Å²) in [5.41, 5.74) is 3.44. The second-order valence-corrected chi connectivity index (χ2v) is 15.3. The predicted molar refractivity (Wildman–Crippen MR) is 180 cm³/mol. The average molecular weight is 664 g/mol. The number of sulfonamides is 1. The number of amides is 2. The standard InChI is InChI=1S/C35H45N5O6S/c1-7-45-34(42)36-25-14-16-26(17-15-25)40-27(20-35(4,5)6)21-46-30-19-29(31-22(2)10-8-11-23(31)3)37-33(38-30)39-47(43,44)28-13-9-12-24(18-28)32(40)41/h8-13,18-19,25-27H,7,14-17,20-21H2,1-6H3,(H,36,42)(H,37,38,39)/t25?,26?,27-/m1/s1. The minimum atomic E-state index is -4.16. The third kappa shape index (κ3) is 8.22. The molecule has 4 bridgehead atoms. The van der Waals surface area contributed by atoms with Crippen molar-refractivity contribution in [3.05, 3.63) is 65.2 Å². The molecule has 2 aromatic carbocycles. The molecule has 0 saturated heterocycles. The van der Waals surface area contributed by atoms with Gasteiger partial charge in [-0.1, -0.05) is 45.0 Å². The van der Waals surface area contributed by atoms with Crippen molar-refractivity contribution in [3.63, 3.8) is 0 Å². The highest BCUT2D eigenvalue weighted by molar-refractivity contribution is 7.92. The average Bonchev–Trinajstić information content (AvgIpc) is 2.99. The summed E-state index contributed by atoms with van der Waals surface area (Å²) in [6.07, 6.45) is 2.82. The number of benzene rings is 2. The molecule has 252 valence electrons. The fraction of sp³-hybridized carbons (Fsp3) is 0.486. The van der Waals surface area contributed by atoms with Crippen molar-refractivity contribution in [2.75, 3.05) is 17.9 Å². The lowest BCUT2D eigenvalue weighted by Crippen LogP contribution is -2.53. The van der Waals surface area contributed by atoms with Crippen molar-refractivity contribution in [2.24, 2.45) is 5.41 Å². The summed E-state index contributed by atoms with van der Waals surface area (Å²) in [5.74, 6) is -0.183. The molecule has 0 unspecified atom stereocenters. The first-order valence-electron chi connectivity index (χ1n) is 16.2. The van der Waals surface area contributed by atoms with Crippen LogP contribution >= 0.6 is 0 Å². The van der Waals surface area contributed by atoms with Crippen LogP contribution in [0.25, 0.3) is 11.3 Å². The van der Waals surface area contributed by atoms with Gasteiger partial charge in [-0.2, -0.15) is 4.98 Å². The molecule has 2 heterocycles. The molecule has 1 aliphatic carbocycles. The van der Waals surface area contributed by atoms with Crippen molar-refractivity contribution in [3.8, 4) is 17.1 Å². The van der Waals surface area contributed by atoms with Gasteiger partial charge in [-0.15, -0.1) is 0 Å². The Balaban J connectivity index is 1.59. The first-order chi connectivity index (χ1) is 22.2. The third-order valence-corrected chi connectivity index (χ3v) is 9.97. The maximum absolute atomic E-state index is 14.5. The van der Waals surface area contributed by atoms with Crippen LogP contribution in [-0.4, -0.2) is 66.6 Å². The molecule has 2 N–H and O–H groups in total. The maximum atomic E-state index is 14.5. The Morgan fingerprint density at radius 2 is 1.72 bits per heavy atom. The van der Waals surface area contributed by atoms with E-state index in [2.05, 4.69) is 40.8 Å². The summed E-state index contributed by atoms with van der Waals surface area (Å²) in [7, 11) is -4.16. The topological polar surface area (TPSA) is 140 Å². The molecule has 1 saturated carbocycles. The predicted octanol–water partition coefficient (Wildman–Crippen LogP) is 6.26. The van der Waals surface area contributed by atoms with Crippen LogP contribution in [0.15, 0.2) is 53.4 Å². The number of nitrogens with zero attached hydrogens (tertiary/aromatic N) is 3. The number of anilines is 1. The maximum Gasteiger partial charge on any atom is 0.407 e. The lowest BCUT2D eigenvalue weighted by atomic mass is 9.84. The minimum Gasteiger partial charge on any atom is -0.475 e. The molecule has 1 aromatic heterocycles. The van der Waals surface area contributed by atoms with Gasteiger partial charge >= 0.3 is 6.09 Å². The van der Waals surface area contributed by atoms with E-state index in [4.69, 9.17) is 9.47 Å². The Kier molecular flexibility index (Phi) is 10.1. The Labute approximate surface area is 277 Å². The molecule has 11 nitrogen and oxygen atoms in total. The molecule has 0 spiro atoms. The van der Waals surface area contributed by atoms with Gasteiger partial charge in [0.2, 0.25) is 11.8 Å². The number of aryl methyl sites for hydroxylation is 2. The zero-order valence-corrected chi connectivity index (χ0v) is 28.8. The molecule has 47 heavy (non-hydrogen) atoms. The first kappa shape index (κ1) is 34.2. The van der Waals surface area contributed by atoms with Crippen LogP contribution in [0.5, 0.6) is 5.88 Å². The van der Waals surface area contributed by atoms with Crippen LogP contribution in [-0.2, 0) is 14.8 Å². The summed E-state index contributed by atoms with van der Waals surface area (Å²) < 4.78 is 41.3. The molecular formula is C35H45N5O6S. The number of hydrogen-bond acceptors (Lipinski definition) is 8. The van der Waals surface area contributed by atoms with Crippen molar-refractivity contribution in [1.82, 2.24) is 20.2 Å². The lowest BCUT2D eigenvalue weighted by molar-refractivity contribution is 0.0305. The smallest absolute Gasteiger partial charge is 0.407 e. The van der Waals surface area contributed by atoms with Gasteiger partial charge in [0.15, 0.2) is 0 Å². The summed E-state index contributed by atoms with van der Waals surface area (Å²) in [6.45, 7) is 12.5. The SMILES string of the molecule is CCOC(=O)NC1CCC(N2C(=O)c3cccc(c3)S(=O)(=O)Nc3nc(cc(-c4c(C)cccc4C)n3)OC[C@H]2CC(C)(C)C)CC1. The van der Waals surface area contributed by atoms with Crippen molar-refractivity contribution < 1.29 is 27.5 Å². The highest BCUT2D eigenvalue weighted by atomic mass is 32.2. The highest BCUT2D eigenvalue weighted by Crippen LogP contribution is 2.34. The van der Waals surface area contributed by atoms with E-state index in [-0.39, 0.29) is 58.3 Å². The van der Waals surface area contributed by atoms with Gasteiger partial charge in [-0.05, 0) is 87.6 Å². The van der Waals surface area contributed by atoms with Crippen molar-refractivity contribution >= 4 is 28.0 Å². The van der Waals surface area contributed by atoms with Crippen LogP contribution in [0.1, 0.15) is 81.3 Å². The van der Waals surface area contributed by atoms with E-state index in [0.29, 0.717) is 44.4 Å². The molecule has 1 aliphatic heterocycles. The Hall–Kier alpha value is -4.19. The number of aromatic nitrogens is 2. The third-order valence-electron chi connectivity index (χ3n) is 8.64. The number of carbonyl (C=O) groups is 2. The summed E-state index contributed by atoms with van der Waals surface area (Å²) in [6, 6.07) is 13.1. The van der Waals surface area contributed by atoms with Gasteiger partial charge in [-0.25, -0.2) is 22.9 Å². The molecule has 1 fully saturated rings. The summed E-state index contributed by atoms with van der Waals surface area (Å²) >= 11 is 0. The van der Waals surface area contributed by atoms with Gasteiger partial charge in [0, 0.05) is 29.3 Å². The molecule has 2 amide bonds. The van der Waals surface area contributed by atoms with E-state index in [0.717, 1.165) is 16.7 Å². The number of rotatable bonds is 5. The first-order valence-corrected chi connectivity index (χ1v) is 17.7. The Morgan fingerprint density at radius 3 is 2.38 bits per heavy atom. The second-order valence-electron chi connectivity index (χ2n) is 13.6. The summed E-state index contributed by atoms with van der Waals surface area (Å²) in [5, 5.41) is 2.93. The van der Waals surface area contributed by atoms with Crippen LogP contribution in [0.3, 0.4) is 0 Å². The zero-order chi connectivity index (χ0) is 33.9. The van der Waals surface area contributed by atoms with Crippen LogP contribution < -0.4 is 14.8 Å². The fourth-order valence-electron chi connectivity index (χ4n) is 6.61. The van der Waals surface area contributed by atoms with Gasteiger partial charge in [0.25, 0.3) is 15.9 Å². The molecule has 0 radical (unpaired) electrons. The van der Waals surface area contributed by atoms with Crippen LogP contribution in [0, 0.1) is 19.3 Å². The van der Waals surface area contributed by atoms with E-state index in [1.165, 1.54) is 12.1 Å². The lowest BCUT2D eigenvalue weighted by Gasteiger charge is -2.43. The normalized spacial score (nSPS) is 21.3. The second kappa shape index (κ2) is 13.9. The van der Waals surface area contributed by atoms with Crippen molar-refractivity contribution in [1.29, 1.82) is 0 Å². The largest absolute Gasteiger partial charge is 0.475 e. The number of nitrogens with one attached hydrogen (secondary N) is 2. The monoisotopic (exact) mass is 663 g/mol. The minimum absolute atomic E-state index is 0.0593. The van der Waals surface area contributed by atoms with Gasteiger partial charge < -0.3 is 19.7 Å². The number of fused-ring (bicyclic) bond motifs is 4. The number of carbonyl (C=O) groups excluding carboxylic acids is 2. The molecule has 1 atom stereocenters. The number of ether oxygens (including phenoxy) is 2. The van der Waals surface area contributed by atoms with Crippen LogP contribution in [0.4, 0.5) is 10.7 Å². The molecule has 12 heteroatoms. The van der Waals surface area contributed by atoms with Crippen LogP contribution in [0.2, 0.25) is 0 Å². The van der Waals surface area contributed by atoms with Gasteiger partial charge in [0.1, 0.15) is 6.61 Å². The Bertz CT molecular complexity index is 1710. The van der Waals surface area contributed by atoms with E-state index in [1.54, 1.807) is 25.1 Å². The molecule has 3 aromatic rings. The molecule has 5 rings (SSSR count). The Morgan fingerprint density at radius 1 is 1.04 bits per heavy atom. The van der Waals surface area contributed by atoms with E-state index in [1.807, 2.05) is 36.9 Å². The molecular weight excluding hydrogens is 618 g/mol. The van der Waals surface area contributed by atoms with E-state index < -0.39 is 16.1 Å². The summed E-state index contributed by atoms with van der Waals surface area (Å²) in [4.78, 5) is 37.5. The van der Waals surface area contributed by atoms with E-state index in [9.17, 15) is 18.0 Å². The highest BCUT2D eigenvalue weighted by Gasteiger charge is 2.37. The van der Waals surface area contributed by atoms with Crippen molar-refractivity contribution in [2.45, 2.75) is 96.7 Å². The van der Waals surface area contributed by atoms with E-state index >= 15 is 0 Å². The zero-order valence-electron chi connectivity index (χ0n) is 28.0. The quantitative estimate of drug-likeness (QED) is 0.326.